The summed E-state index contributed by atoms with van der Waals surface area (Å²) in [6.07, 6.45) is 0. The van der Waals surface area contributed by atoms with E-state index in [4.69, 9.17) is 0 Å². The zero-order valence-corrected chi connectivity index (χ0v) is 49.7. The van der Waals surface area contributed by atoms with Gasteiger partial charge >= 0.3 is 0 Å². The Morgan fingerprint density at radius 1 is 0.405 bits per heavy atom. The molecule has 0 amide bonds. The maximum Gasteiger partial charge on any atom is 0.252 e. The normalized spacial score (nSPS) is 14.4. The molecule has 0 spiro atoms. The fourth-order valence-electron chi connectivity index (χ4n) is 13.2. The molecule has 9 aromatic carbocycles. The second-order valence-corrected chi connectivity index (χ2v) is 27.7. The third kappa shape index (κ3) is 8.64. The standard InChI is InChI=1S/C75H78BN3/c1-47-22-17-20-27-64(47)77(54-36-30-50(31-37-54)71(3,4)5)57-40-41-62-65(46-57)78(55-34-28-49(29-35-55)58-24-21-25-60-59-23-18-19-26-61(59)75(15,16)68(58)60)66-44-53(74(12,13)14)45-67-69(66)76(62)63-43-52(73(9,10)11)42-48(2)70(63)79(67)56-38-32-51(33-39-56)72(6,7)8/h17-46H,1-16H3. The van der Waals surface area contributed by atoms with Crippen LogP contribution in [-0.4, -0.2) is 6.71 Å². The number of para-hydroxylation sites is 1. The zero-order valence-electron chi connectivity index (χ0n) is 49.7. The molecule has 0 saturated carbocycles. The lowest BCUT2D eigenvalue weighted by atomic mass is 9.33. The number of aryl methyl sites for hydroxylation is 2. The van der Waals surface area contributed by atoms with Crippen LogP contribution in [0.3, 0.4) is 0 Å². The van der Waals surface area contributed by atoms with Crippen molar-refractivity contribution in [2.45, 2.75) is 138 Å². The molecule has 4 heteroatoms. The van der Waals surface area contributed by atoms with Crippen molar-refractivity contribution >= 4 is 74.3 Å². The first-order valence-electron chi connectivity index (χ1n) is 28.8. The highest BCUT2D eigenvalue weighted by Crippen LogP contribution is 2.53. The first-order valence-corrected chi connectivity index (χ1v) is 28.8. The maximum atomic E-state index is 2.62. The molecular formula is C75H78BN3. The SMILES string of the molecule is Cc1ccccc1N(c1ccc(C(C)(C)C)cc1)c1ccc2c(c1)N(c1ccc(-c3cccc4c3C(C)(C)c3ccccc3-4)cc1)c1cc(C(C)(C)C)cc3c1B2c1cc(C(C)(C)C)cc(C)c1N3c1ccc(C(C)(C)C)cc1. The molecular weight excluding hydrogens is 954 g/mol. The Balaban J connectivity index is 1.14. The van der Waals surface area contributed by atoms with Gasteiger partial charge in [-0.2, -0.15) is 0 Å². The Morgan fingerprint density at radius 2 is 0.924 bits per heavy atom. The number of benzene rings is 9. The number of hydrogen-bond acceptors (Lipinski definition) is 3. The topological polar surface area (TPSA) is 9.72 Å². The Hall–Kier alpha value is -7.56. The molecule has 2 aliphatic heterocycles. The minimum Gasteiger partial charge on any atom is -0.311 e. The predicted octanol–water partition coefficient (Wildman–Crippen LogP) is 19.0. The average Bonchev–Trinajstić information content (AvgIpc) is 3.28. The molecule has 1 aliphatic carbocycles. The van der Waals surface area contributed by atoms with Gasteiger partial charge in [-0.15, -0.1) is 0 Å². The van der Waals surface area contributed by atoms with E-state index in [2.05, 4.69) is 307 Å². The number of fused-ring (bicyclic) bond motifs is 7. The Kier molecular flexibility index (Phi) is 12.0. The lowest BCUT2D eigenvalue weighted by molar-refractivity contribution is 0.589. The molecule has 0 atom stereocenters. The van der Waals surface area contributed by atoms with E-state index in [0.29, 0.717) is 0 Å². The second kappa shape index (κ2) is 18.2. The molecule has 0 radical (unpaired) electrons. The molecule has 0 bridgehead atoms. The molecule has 0 aromatic heterocycles. The Morgan fingerprint density at radius 3 is 1.56 bits per heavy atom. The average molecular weight is 1030 g/mol. The summed E-state index contributed by atoms with van der Waals surface area (Å²) < 4.78 is 0. The van der Waals surface area contributed by atoms with Gasteiger partial charge in [0.15, 0.2) is 0 Å². The van der Waals surface area contributed by atoms with Crippen LogP contribution in [0.25, 0.3) is 22.3 Å². The van der Waals surface area contributed by atoms with Crippen LogP contribution in [0.2, 0.25) is 0 Å². The molecule has 0 saturated heterocycles. The number of rotatable bonds is 6. The van der Waals surface area contributed by atoms with Crippen LogP contribution >= 0.6 is 0 Å². The highest BCUT2D eigenvalue weighted by Gasteiger charge is 2.46. The van der Waals surface area contributed by atoms with Gasteiger partial charge in [-0.3, -0.25) is 0 Å². The van der Waals surface area contributed by atoms with E-state index >= 15 is 0 Å². The van der Waals surface area contributed by atoms with Crippen molar-refractivity contribution < 1.29 is 0 Å². The first kappa shape index (κ1) is 52.2. The molecule has 9 aromatic rings. The number of nitrogens with zero attached hydrogens (tertiary/aromatic N) is 3. The van der Waals surface area contributed by atoms with E-state index in [1.165, 1.54) is 112 Å². The Labute approximate surface area is 473 Å². The molecule has 79 heavy (non-hydrogen) atoms. The second-order valence-electron chi connectivity index (χ2n) is 27.7. The molecule has 0 N–H and O–H groups in total. The first-order chi connectivity index (χ1) is 37.3. The highest BCUT2D eigenvalue weighted by molar-refractivity contribution is 7.00. The Bertz CT molecular complexity index is 3870. The van der Waals surface area contributed by atoms with Gasteiger partial charge in [0.05, 0.1) is 0 Å². The largest absolute Gasteiger partial charge is 0.311 e. The van der Waals surface area contributed by atoms with Crippen molar-refractivity contribution in [3.05, 3.63) is 226 Å². The van der Waals surface area contributed by atoms with Crippen LogP contribution in [0.4, 0.5) is 51.2 Å². The smallest absolute Gasteiger partial charge is 0.252 e. The van der Waals surface area contributed by atoms with Gasteiger partial charge in [-0.25, -0.2) is 0 Å². The zero-order chi connectivity index (χ0) is 55.9. The molecule has 0 fully saturated rings. The summed E-state index contributed by atoms with van der Waals surface area (Å²) in [4.78, 5) is 7.71. The number of anilines is 9. The van der Waals surface area contributed by atoms with Crippen LogP contribution in [0.15, 0.2) is 182 Å². The fraction of sp³-hybridized carbons (Fsp3) is 0.280. The molecule has 0 unspecified atom stereocenters. The maximum absolute atomic E-state index is 2.62. The van der Waals surface area contributed by atoms with Crippen molar-refractivity contribution in [3.63, 3.8) is 0 Å². The molecule has 3 nitrogen and oxygen atoms in total. The van der Waals surface area contributed by atoms with Gasteiger partial charge in [0.25, 0.3) is 6.71 Å². The lowest BCUT2D eigenvalue weighted by Crippen LogP contribution is -2.62. The summed E-state index contributed by atoms with van der Waals surface area (Å²) in [5.41, 5.74) is 30.1. The molecule has 396 valence electrons. The van der Waals surface area contributed by atoms with Crippen molar-refractivity contribution in [1.82, 2.24) is 0 Å². The quantitative estimate of drug-likeness (QED) is 0.154. The van der Waals surface area contributed by atoms with E-state index < -0.39 is 0 Å². The van der Waals surface area contributed by atoms with E-state index in [9.17, 15) is 0 Å². The van der Waals surface area contributed by atoms with Crippen LogP contribution in [0, 0.1) is 13.8 Å². The summed E-state index contributed by atoms with van der Waals surface area (Å²) in [7, 11) is 0. The predicted molar refractivity (Wildman–Crippen MR) is 342 cm³/mol. The van der Waals surface area contributed by atoms with Crippen molar-refractivity contribution in [1.29, 1.82) is 0 Å². The fourth-order valence-corrected chi connectivity index (χ4v) is 13.2. The van der Waals surface area contributed by atoms with Gasteiger partial charge in [0, 0.05) is 56.6 Å². The third-order valence-corrected chi connectivity index (χ3v) is 17.7. The highest BCUT2D eigenvalue weighted by atomic mass is 15.2. The van der Waals surface area contributed by atoms with Crippen LogP contribution in [0.5, 0.6) is 0 Å². The molecule has 3 aliphatic rings. The summed E-state index contributed by atoms with van der Waals surface area (Å²) in [6, 6.07) is 70.4. The van der Waals surface area contributed by atoms with Gasteiger partial charge in [-0.1, -0.05) is 212 Å². The lowest BCUT2D eigenvalue weighted by Gasteiger charge is -2.46. The van der Waals surface area contributed by atoms with Crippen LogP contribution in [0.1, 0.15) is 141 Å². The van der Waals surface area contributed by atoms with Gasteiger partial charge < -0.3 is 14.7 Å². The van der Waals surface area contributed by atoms with E-state index in [0.717, 1.165) is 22.7 Å². The minimum atomic E-state index is -0.162. The van der Waals surface area contributed by atoms with E-state index in [-0.39, 0.29) is 33.8 Å². The van der Waals surface area contributed by atoms with Gasteiger partial charge in [-0.05, 0) is 185 Å². The van der Waals surface area contributed by atoms with Gasteiger partial charge in [0.1, 0.15) is 0 Å². The van der Waals surface area contributed by atoms with Crippen molar-refractivity contribution in [2.75, 3.05) is 14.7 Å². The van der Waals surface area contributed by atoms with Crippen LogP contribution < -0.4 is 31.1 Å². The summed E-state index contributed by atoms with van der Waals surface area (Å²) in [6.45, 7) is 37.3. The van der Waals surface area contributed by atoms with Crippen molar-refractivity contribution in [2.24, 2.45) is 0 Å². The third-order valence-electron chi connectivity index (χ3n) is 17.7. The summed E-state index contributed by atoms with van der Waals surface area (Å²) in [5, 5.41) is 0. The van der Waals surface area contributed by atoms with Crippen LogP contribution in [-0.2, 0) is 27.1 Å². The monoisotopic (exact) mass is 1030 g/mol. The molecule has 2 heterocycles. The number of hydrogen-bond donors (Lipinski definition) is 0. The van der Waals surface area contributed by atoms with E-state index in [1.807, 2.05) is 0 Å². The summed E-state index contributed by atoms with van der Waals surface area (Å²) in [5.74, 6) is 0. The van der Waals surface area contributed by atoms with Crippen molar-refractivity contribution in [3.8, 4) is 22.3 Å². The van der Waals surface area contributed by atoms with Gasteiger partial charge in [0.2, 0.25) is 0 Å². The molecule has 12 rings (SSSR count). The summed E-state index contributed by atoms with van der Waals surface area (Å²) >= 11 is 0. The minimum absolute atomic E-state index is 0.0251. The van der Waals surface area contributed by atoms with E-state index in [1.54, 1.807) is 0 Å².